The molecule has 0 radical (unpaired) electrons. The first kappa shape index (κ1) is 25.4. The minimum atomic E-state index is -0.122. The molecule has 0 atom stereocenters. The van der Waals surface area contributed by atoms with Crippen molar-refractivity contribution in [3.8, 4) is 0 Å². The summed E-state index contributed by atoms with van der Waals surface area (Å²) in [6, 6.07) is 14.8. The number of carbonyl (C=O) groups excluding carboxylic acids is 1. The maximum atomic E-state index is 13.6. The first-order valence-electron chi connectivity index (χ1n) is 10.7. The van der Waals surface area contributed by atoms with Gasteiger partial charge in [0.15, 0.2) is 0 Å². The molecular weight excluding hydrogens is 477 g/mol. The van der Waals surface area contributed by atoms with E-state index in [9.17, 15) is 4.79 Å². The molecule has 0 saturated heterocycles. The van der Waals surface area contributed by atoms with Gasteiger partial charge in [0.25, 0.3) is 5.91 Å². The maximum Gasteiger partial charge on any atom is 0.256 e. The summed E-state index contributed by atoms with van der Waals surface area (Å²) in [6.45, 7) is 7.30. The standard InChI is InChI=1S/C26H28Cl3N3O/c1-26(2,3)18-6-8-20(31-15-18)16-32(12-11-17-5-9-22(28)23(29)13-17)25(33)21-14-19(27)7-10-24(21)30-4/h5-10,13-15,30H,11-12,16H2,1-4H3. The monoisotopic (exact) mass is 503 g/mol. The Morgan fingerprint density at radius 2 is 1.76 bits per heavy atom. The summed E-state index contributed by atoms with van der Waals surface area (Å²) in [4.78, 5) is 20.0. The zero-order valence-corrected chi connectivity index (χ0v) is 21.5. The lowest BCUT2D eigenvalue weighted by atomic mass is 9.88. The molecule has 1 amide bonds. The third-order valence-corrected chi connectivity index (χ3v) is 6.44. The van der Waals surface area contributed by atoms with Crippen molar-refractivity contribution in [1.82, 2.24) is 9.88 Å². The van der Waals surface area contributed by atoms with Crippen molar-refractivity contribution in [3.63, 3.8) is 0 Å². The van der Waals surface area contributed by atoms with Crippen LogP contribution in [0.15, 0.2) is 54.7 Å². The number of nitrogens with zero attached hydrogens (tertiary/aromatic N) is 2. The second-order valence-corrected chi connectivity index (χ2v) is 10.2. The highest BCUT2D eigenvalue weighted by molar-refractivity contribution is 6.42. The minimum Gasteiger partial charge on any atom is -0.387 e. The third kappa shape index (κ3) is 6.63. The van der Waals surface area contributed by atoms with Gasteiger partial charge in [0.1, 0.15) is 0 Å². The van der Waals surface area contributed by atoms with Crippen LogP contribution in [0.1, 0.15) is 48.0 Å². The maximum absolute atomic E-state index is 13.6. The molecule has 0 aliphatic rings. The van der Waals surface area contributed by atoms with Gasteiger partial charge in [-0.2, -0.15) is 0 Å². The molecule has 1 N–H and O–H groups in total. The fourth-order valence-electron chi connectivity index (χ4n) is 3.45. The Hall–Kier alpha value is -2.27. The van der Waals surface area contributed by atoms with Crippen molar-refractivity contribution < 1.29 is 4.79 Å². The van der Waals surface area contributed by atoms with Crippen LogP contribution >= 0.6 is 34.8 Å². The largest absolute Gasteiger partial charge is 0.387 e. The number of benzene rings is 2. The van der Waals surface area contributed by atoms with E-state index in [2.05, 4.69) is 37.1 Å². The predicted octanol–water partition coefficient (Wildman–Crippen LogP) is 7.27. The first-order chi connectivity index (χ1) is 15.6. The van der Waals surface area contributed by atoms with Crippen molar-refractivity contribution in [3.05, 3.63) is 92.2 Å². The van der Waals surface area contributed by atoms with Crippen LogP contribution in [0.4, 0.5) is 5.69 Å². The van der Waals surface area contributed by atoms with Crippen molar-refractivity contribution in [1.29, 1.82) is 0 Å². The number of aromatic nitrogens is 1. The van der Waals surface area contributed by atoms with Crippen LogP contribution in [0.2, 0.25) is 15.1 Å². The van der Waals surface area contributed by atoms with Gasteiger partial charge in [0.2, 0.25) is 0 Å². The summed E-state index contributed by atoms with van der Waals surface area (Å²) >= 11 is 18.4. The van der Waals surface area contributed by atoms with Crippen LogP contribution in [-0.2, 0) is 18.4 Å². The molecule has 3 aromatic rings. The van der Waals surface area contributed by atoms with Gasteiger partial charge in [-0.25, -0.2) is 0 Å². The number of anilines is 1. The van der Waals surface area contributed by atoms with Crippen LogP contribution in [0.3, 0.4) is 0 Å². The van der Waals surface area contributed by atoms with Crippen molar-refractivity contribution >= 4 is 46.4 Å². The van der Waals surface area contributed by atoms with E-state index in [4.69, 9.17) is 34.8 Å². The topological polar surface area (TPSA) is 45.2 Å². The quantitative estimate of drug-likeness (QED) is 0.368. The molecule has 4 nitrogen and oxygen atoms in total. The molecule has 0 bridgehead atoms. The van der Waals surface area contributed by atoms with E-state index in [1.165, 1.54) is 0 Å². The number of nitrogens with one attached hydrogen (secondary N) is 1. The Morgan fingerprint density at radius 3 is 2.36 bits per heavy atom. The Morgan fingerprint density at radius 1 is 1.00 bits per heavy atom. The van der Waals surface area contributed by atoms with Crippen molar-refractivity contribution in [2.45, 2.75) is 39.2 Å². The van der Waals surface area contributed by atoms with Gasteiger partial charge in [-0.05, 0) is 59.4 Å². The van der Waals surface area contributed by atoms with E-state index in [0.717, 1.165) is 22.5 Å². The van der Waals surface area contributed by atoms with Gasteiger partial charge < -0.3 is 10.2 Å². The summed E-state index contributed by atoms with van der Waals surface area (Å²) in [5.74, 6) is -0.122. The van der Waals surface area contributed by atoms with Gasteiger partial charge in [0, 0.05) is 30.5 Å². The molecule has 0 saturated carbocycles. The Kier molecular flexibility index (Phi) is 8.28. The van der Waals surface area contributed by atoms with Gasteiger partial charge >= 0.3 is 0 Å². The normalized spacial score (nSPS) is 11.4. The molecule has 1 heterocycles. The molecule has 0 spiro atoms. The number of amides is 1. The molecule has 0 unspecified atom stereocenters. The molecule has 0 fully saturated rings. The molecule has 0 aliphatic heterocycles. The number of hydrogen-bond acceptors (Lipinski definition) is 3. The Labute approximate surface area is 210 Å². The summed E-state index contributed by atoms with van der Waals surface area (Å²) in [7, 11) is 1.78. The lowest BCUT2D eigenvalue weighted by molar-refractivity contribution is 0.0744. The number of halogens is 3. The van der Waals surface area contributed by atoms with E-state index in [0.29, 0.717) is 40.1 Å². The minimum absolute atomic E-state index is 0.0113. The van der Waals surface area contributed by atoms with Crippen LogP contribution < -0.4 is 5.32 Å². The van der Waals surface area contributed by atoms with Crippen molar-refractivity contribution in [2.75, 3.05) is 18.9 Å². The molecule has 33 heavy (non-hydrogen) atoms. The summed E-state index contributed by atoms with van der Waals surface area (Å²) in [6.07, 6.45) is 2.51. The third-order valence-electron chi connectivity index (χ3n) is 5.47. The lowest BCUT2D eigenvalue weighted by Crippen LogP contribution is -2.33. The molecule has 2 aromatic carbocycles. The smallest absolute Gasteiger partial charge is 0.256 e. The molecule has 7 heteroatoms. The van der Waals surface area contributed by atoms with E-state index in [1.807, 2.05) is 30.5 Å². The Bertz CT molecular complexity index is 1120. The van der Waals surface area contributed by atoms with Crippen LogP contribution in [0.25, 0.3) is 0 Å². The van der Waals surface area contributed by atoms with Gasteiger partial charge in [-0.1, -0.05) is 67.7 Å². The number of hydrogen-bond donors (Lipinski definition) is 1. The molecular formula is C26H28Cl3N3O. The average Bonchev–Trinajstić information content (AvgIpc) is 2.78. The SMILES string of the molecule is CNc1ccc(Cl)cc1C(=O)N(CCc1ccc(Cl)c(Cl)c1)Cc1ccc(C(C)(C)C)cn1. The second kappa shape index (κ2) is 10.8. The molecule has 3 rings (SSSR count). The zero-order chi connectivity index (χ0) is 24.2. The van der Waals surface area contributed by atoms with E-state index in [1.54, 1.807) is 30.1 Å². The summed E-state index contributed by atoms with van der Waals surface area (Å²) < 4.78 is 0. The van der Waals surface area contributed by atoms with E-state index < -0.39 is 0 Å². The summed E-state index contributed by atoms with van der Waals surface area (Å²) in [5, 5.41) is 4.60. The van der Waals surface area contributed by atoms with Crippen LogP contribution in [-0.4, -0.2) is 29.4 Å². The van der Waals surface area contributed by atoms with Crippen LogP contribution in [0, 0.1) is 0 Å². The lowest BCUT2D eigenvalue weighted by Gasteiger charge is -2.25. The van der Waals surface area contributed by atoms with E-state index in [-0.39, 0.29) is 11.3 Å². The van der Waals surface area contributed by atoms with Gasteiger partial charge in [-0.15, -0.1) is 0 Å². The van der Waals surface area contributed by atoms with Crippen LogP contribution in [0.5, 0.6) is 0 Å². The highest BCUT2D eigenvalue weighted by Gasteiger charge is 2.21. The predicted molar refractivity (Wildman–Crippen MR) is 139 cm³/mol. The fraction of sp³-hybridized carbons (Fsp3) is 0.308. The fourth-order valence-corrected chi connectivity index (χ4v) is 3.94. The highest BCUT2D eigenvalue weighted by Crippen LogP contribution is 2.26. The van der Waals surface area contributed by atoms with Gasteiger partial charge in [-0.3, -0.25) is 9.78 Å². The van der Waals surface area contributed by atoms with Crippen molar-refractivity contribution in [2.24, 2.45) is 0 Å². The second-order valence-electron chi connectivity index (χ2n) is 8.95. The number of pyridine rings is 1. The number of rotatable bonds is 7. The molecule has 174 valence electrons. The molecule has 1 aromatic heterocycles. The van der Waals surface area contributed by atoms with Gasteiger partial charge in [0.05, 0.1) is 27.8 Å². The highest BCUT2D eigenvalue weighted by atomic mass is 35.5. The zero-order valence-electron chi connectivity index (χ0n) is 19.3. The average molecular weight is 505 g/mol. The first-order valence-corrected chi connectivity index (χ1v) is 11.9. The molecule has 0 aliphatic carbocycles. The summed E-state index contributed by atoms with van der Waals surface area (Å²) in [5.41, 5.74) is 4.21. The number of carbonyl (C=O) groups is 1. The van der Waals surface area contributed by atoms with E-state index >= 15 is 0 Å². The Balaban J connectivity index is 1.89.